The van der Waals surface area contributed by atoms with Crippen LogP contribution in [0.5, 0.6) is 0 Å². The Morgan fingerprint density at radius 3 is 2.75 bits per heavy atom. The zero-order chi connectivity index (χ0) is 12.2. The van der Waals surface area contributed by atoms with Gasteiger partial charge in [0.1, 0.15) is 5.60 Å². The fraction of sp³-hybridized carbons (Fsp3) is 0.917. The van der Waals surface area contributed by atoms with Crippen LogP contribution in [0.2, 0.25) is 0 Å². The number of hydrogen-bond acceptors (Lipinski definition) is 2. The highest BCUT2D eigenvalue weighted by Gasteiger charge is 2.27. The van der Waals surface area contributed by atoms with Crippen LogP contribution in [0.15, 0.2) is 0 Å². The molecule has 0 bridgehead atoms. The summed E-state index contributed by atoms with van der Waals surface area (Å²) in [5, 5.41) is 1.01. The highest BCUT2D eigenvalue weighted by Crippen LogP contribution is 2.22. The summed E-state index contributed by atoms with van der Waals surface area (Å²) in [4.78, 5) is 13.7. The number of likely N-dealkylation sites (tertiary alicyclic amines) is 1. The Balaban J connectivity index is 2.44. The summed E-state index contributed by atoms with van der Waals surface area (Å²) in [7, 11) is 0. The van der Waals surface area contributed by atoms with E-state index in [1.807, 2.05) is 25.7 Å². The van der Waals surface area contributed by atoms with Gasteiger partial charge in [0.25, 0.3) is 0 Å². The van der Waals surface area contributed by atoms with Crippen LogP contribution in [0.4, 0.5) is 4.79 Å². The average molecular weight is 292 g/mol. The zero-order valence-corrected chi connectivity index (χ0v) is 12.0. The maximum atomic E-state index is 11.9. The van der Waals surface area contributed by atoms with E-state index in [1.165, 1.54) is 6.42 Å². The van der Waals surface area contributed by atoms with Crippen LogP contribution < -0.4 is 0 Å². The van der Waals surface area contributed by atoms with Gasteiger partial charge in [0.05, 0.1) is 0 Å². The largest absolute Gasteiger partial charge is 0.444 e. The van der Waals surface area contributed by atoms with Gasteiger partial charge in [-0.05, 0) is 46.0 Å². The number of amides is 1. The van der Waals surface area contributed by atoms with Crippen molar-refractivity contribution < 1.29 is 9.53 Å². The van der Waals surface area contributed by atoms with Crippen LogP contribution in [0.25, 0.3) is 0 Å². The third kappa shape index (κ3) is 4.73. The first kappa shape index (κ1) is 13.8. The van der Waals surface area contributed by atoms with E-state index in [2.05, 4.69) is 15.9 Å². The first-order valence-corrected chi connectivity index (χ1v) is 7.08. The standard InChI is InChI=1S/C12H22BrNO2/c1-12(2,3)16-11(15)14-8-4-5-10(9-14)6-7-13/h10H,4-9H2,1-3H3/t10-/m0/s1. The average Bonchev–Trinajstić information content (AvgIpc) is 2.16. The van der Waals surface area contributed by atoms with Crippen molar-refractivity contribution in [3.05, 3.63) is 0 Å². The van der Waals surface area contributed by atoms with Gasteiger partial charge in [0, 0.05) is 18.4 Å². The molecule has 0 aromatic rings. The lowest BCUT2D eigenvalue weighted by molar-refractivity contribution is 0.0165. The molecule has 0 N–H and O–H groups in total. The number of nitrogens with zero attached hydrogens (tertiary/aromatic N) is 1. The van der Waals surface area contributed by atoms with Gasteiger partial charge < -0.3 is 9.64 Å². The number of carbonyl (C=O) groups is 1. The minimum Gasteiger partial charge on any atom is -0.444 e. The molecule has 1 amide bonds. The van der Waals surface area contributed by atoms with Crippen molar-refractivity contribution in [1.29, 1.82) is 0 Å². The van der Waals surface area contributed by atoms with Crippen LogP contribution in [0, 0.1) is 5.92 Å². The van der Waals surface area contributed by atoms with Crippen LogP contribution in [-0.2, 0) is 4.74 Å². The first-order valence-electron chi connectivity index (χ1n) is 5.96. The van der Waals surface area contributed by atoms with Crippen molar-refractivity contribution in [2.45, 2.75) is 45.6 Å². The third-order valence-corrected chi connectivity index (χ3v) is 3.15. The molecule has 0 saturated carbocycles. The summed E-state index contributed by atoms with van der Waals surface area (Å²) in [6.45, 7) is 7.41. The van der Waals surface area contributed by atoms with E-state index in [0.717, 1.165) is 31.3 Å². The summed E-state index contributed by atoms with van der Waals surface area (Å²) < 4.78 is 5.38. The number of halogens is 1. The van der Waals surface area contributed by atoms with Gasteiger partial charge in [-0.15, -0.1) is 0 Å². The number of carbonyl (C=O) groups excluding carboxylic acids is 1. The molecule has 94 valence electrons. The highest BCUT2D eigenvalue weighted by atomic mass is 79.9. The summed E-state index contributed by atoms with van der Waals surface area (Å²) >= 11 is 3.46. The molecule has 0 aromatic heterocycles. The third-order valence-electron chi connectivity index (χ3n) is 2.69. The van der Waals surface area contributed by atoms with Crippen LogP contribution in [0.3, 0.4) is 0 Å². The second kappa shape index (κ2) is 5.89. The molecule has 1 aliphatic rings. The molecule has 0 aromatic carbocycles. The predicted molar refractivity (Wildman–Crippen MR) is 68.9 cm³/mol. The Morgan fingerprint density at radius 1 is 1.50 bits per heavy atom. The van der Waals surface area contributed by atoms with Gasteiger partial charge in [0.15, 0.2) is 0 Å². The summed E-state index contributed by atoms with van der Waals surface area (Å²) in [5.41, 5.74) is -0.389. The molecule has 0 aliphatic carbocycles. The van der Waals surface area contributed by atoms with Crippen LogP contribution in [-0.4, -0.2) is 35.0 Å². The van der Waals surface area contributed by atoms with Gasteiger partial charge in [-0.3, -0.25) is 0 Å². The van der Waals surface area contributed by atoms with E-state index in [9.17, 15) is 4.79 Å². The van der Waals surface area contributed by atoms with Gasteiger partial charge in [-0.1, -0.05) is 15.9 Å². The van der Waals surface area contributed by atoms with E-state index in [4.69, 9.17) is 4.74 Å². The molecule has 1 atom stereocenters. The van der Waals surface area contributed by atoms with Gasteiger partial charge in [-0.25, -0.2) is 4.79 Å². The smallest absolute Gasteiger partial charge is 0.410 e. The molecule has 3 nitrogen and oxygen atoms in total. The van der Waals surface area contributed by atoms with E-state index >= 15 is 0 Å². The zero-order valence-electron chi connectivity index (χ0n) is 10.5. The molecule has 0 spiro atoms. The molecular weight excluding hydrogens is 270 g/mol. The van der Waals surface area contributed by atoms with E-state index < -0.39 is 0 Å². The van der Waals surface area contributed by atoms with Gasteiger partial charge >= 0.3 is 6.09 Å². The lowest BCUT2D eigenvalue weighted by atomic mass is 9.96. The molecule has 1 saturated heterocycles. The van der Waals surface area contributed by atoms with E-state index in [1.54, 1.807) is 0 Å². The van der Waals surface area contributed by atoms with Crippen molar-refractivity contribution in [3.63, 3.8) is 0 Å². The normalized spacial score (nSPS) is 22.0. The maximum Gasteiger partial charge on any atom is 0.410 e. The lowest BCUT2D eigenvalue weighted by Crippen LogP contribution is -2.42. The molecule has 0 radical (unpaired) electrons. The minimum absolute atomic E-state index is 0.160. The Morgan fingerprint density at radius 2 is 2.19 bits per heavy atom. The Labute approximate surface area is 107 Å². The topological polar surface area (TPSA) is 29.5 Å². The second-order valence-electron chi connectivity index (χ2n) is 5.41. The van der Waals surface area contributed by atoms with Crippen molar-refractivity contribution in [2.24, 2.45) is 5.92 Å². The lowest BCUT2D eigenvalue weighted by Gasteiger charge is -2.34. The number of alkyl halides is 1. The quantitative estimate of drug-likeness (QED) is 0.730. The molecular formula is C12H22BrNO2. The van der Waals surface area contributed by atoms with Crippen LogP contribution >= 0.6 is 15.9 Å². The Hall–Kier alpha value is -0.250. The first-order chi connectivity index (χ1) is 7.42. The molecule has 1 fully saturated rings. The van der Waals surface area contributed by atoms with E-state index in [0.29, 0.717) is 5.92 Å². The molecule has 16 heavy (non-hydrogen) atoms. The summed E-state index contributed by atoms with van der Waals surface area (Å²) in [6.07, 6.45) is 3.30. The van der Waals surface area contributed by atoms with Crippen molar-refractivity contribution in [1.82, 2.24) is 4.90 Å². The summed E-state index contributed by atoms with van der Waals surface area (Å²) in [5.74, 6) is 0.626. The SMILES string of the molecule is CC(C)(C)OC(=O)N1CCC[C@@H](CCBr)C1. The van der Waals surface area contributed by atoms with Gasteiger partial charge in [-0.2, -0.15) is 0 Å². The number of hydrogen-bond donors (Lipinski definition) is 0. The fourth-order valence-corrected chi connectivity index (χ4v) is 2.59. The number of ether oxygens (including phenoxy) is 1. The number of rotatable bonds is 2. The minimum atomic E-state index is -0.389. The Bertz CT molecular complexity index is 236. The summed E-state index contributed by atoms with van der Waals surface area (Å²) in [6, 6.07) is 0. The van der Waals surface area contributed by atoms with Crippen molar-refractivity contribution in [3.8, 4) is 0 Å². The monoisotopic (exact) mass is 291 g/mol. The second-order valence-corrected chi connectivity index (χ2v) is 6.21. The van der Waals surface area contributed by atoms with E-state index in [-0.39, 0.29) is 11.7 Å². The number of piperidine rings is 1. The molecule has 1 heterocycles. The maximum absolute atomic E-state index is 11.9. The molecule has 4 heteroatoms. The molecule has 1 aliphatic heterocycles. The fourth-order valence-electron chi connectivity index (χ4n) is 1.95. The van der Waals surface area contributed by atoms with Crippen LogP contribution in [0.1, 0.15) is 40.0 Å². The van der Waals surface area contributed by atoms with Gasteiger partial charge in [0.2, 0.25) is 0 Å². The van der Waals surface area contributed by atoms with Crippen molar-refractivity contribution in [2.75, 3.05) is 18.4 Å². The van der Waals surface area contributed by atoms with Crippen molar-refractivity contribution >= 4 is 22.0 Å². The molecule has 1 rings (SSSR count). The predicted octanol–water partition coefficient (Wildman–Crippen LogP) is 3.42. The highest BCUT2D eigenvalue weighted by molar-refractivity contribution is 9.09. The Kier molecular flexibility index (Phi) is 5.09. The molecule has 0 unspecified atom stereocenters.